The highest BCUT2D eigenvalue weighted by Gasteiger charge is 2.12. The van der Waals surface area contributed by atoms with Gasteiger partial charge in [0.1, 0.15) is 5.82 Å². The van der Waals surface area contributed by atoms with Crippen LogP contribution in [0.2, 0.25) is 0 Å². The Morgan fingerprint density at radius 3 is 2.57 bits per heavy atom. The quantitative estimate of drug-likeness (QED) is 0.708. The number of hydrogen-bond donors (Lipinski definition) is 1. The number of likely N-dealkylation sites (tertiary alicyclic amines) is 1. The Bertz CT molecular complexity index is 914. The van der Waals surface area contributed by atoms with Crippen molar-refractivity contribution in [2.75, 3.05) is 25.0 Å². The molecule has 0 unspecified atom stereocenters. The maximum Gasteiger partial charge on any atom is 0.161 e. The van der Waals surface area contributed by atoms with Crippen molar-refractivity contribution < 1.29 is 0 Å². The smallest absolute Gasteiger partial charge is 0.161 e. The van der Waals surface area contributed by atoms with E-state index in [2.05, 4.69) is 25.3 Å². The first-order chi connectivity index (χ1) is 13.7. The van der Waals surface area contributed by atoms with Crippen LogP contribution >= 0.6 is 0 Å². The highest BCUT2D eigenvalue weighted by atomic mass is 15.3. The molecule has 1 aliphatic rings. The van der Waals surface area contributed by atoms with E-state index in [0.29, 0.717) is 5.82 Å². The van der Waals surface area contributed by atoms with Gasteiger partial charge in [-0.15, -0.1) is 0 Å². The number of nitrogens with one attached hydrogen (secondary N) is 1. The summed E-state index contributed by atoms with van der Waals surface area (Å²) in [6.45, 7) is 8.43. The fourth-order valence-corrected chi connectivity index (χ4v) is 3.49. The molecule has 4 heterocycles. The van der Waals surface area contributed by atoms with E-state index in [4.69, 9.17) is 4.98 Å². The lowest BCUT2D eigenvalue weighted by Crippen LogP contribution is -2.32. The lowest BCUT2D eigenvalue weighted by atomic mass is 10.1. The molecule has 0 spiro atoms. The summed E-state index contributed by atoms with van der Waals surface area (Å²) in [6.07, 6.45) is 11.4. The lowest BCUT2D eigenvalue weighted by Gasteiger charge is -2.26. The van der Waals surface area contributed by atoms with Crippen molar-refractivity contribution >= 4 is 11.5 Å². The average molecular weight is 377 g/mol. The first-order valence-corrected chi connectivity index (χ1v) is 9.96. The van der Waals surface area contributed by atoms with Crippen LogP contribution in [0.1, 0.15) is 30.5 Å². The second kappa shape index (κ2) is 8.48. The van der Waals surface area contributed by atoms with Gasteiger partial charge in [0.25, 0.3) is 0 Å². The third-order valence-electron chi connectivity index (χ3n) is 5.32. The minimum Gasteiger partial charge on any atom is -0.337 e. The third kappa shape index (κ3) is 4.36. The van der Waals surface area contributed by atoms with Crippen molar-refractivity contribution in [1.82, 2.24) is 29.6 Å². The van der Waals surface area contributed by atoms with E-state index in [1.54, 1.807) is 12.4 Å². The van der Waals surface area contributed by atoms with Crippen molar-refractivity contribution in [3.63, 3.8) is 0 Å². The van der Waals surface area contributed by atoms with E-state index in [1.165, 1.54) is 32.4 Å². The molecule has 0 radical (unpaired) electrons. The van der Waals surface area contributed by atoms with Gasteiger partial charge < -0.3 is 10.2 Å². The van der Waals surface area contributed by atoms with Gasteiger partial charge >= 0.3 is 0 Å². The van der Waals surface area contributed by atoms with Gasteiger partial charge in [0.2, 0.25) is 0 Å². The first kappa shape index (κ1) is 18.6. The van der Waals surface area contributed by atoms with Gasteiger partial charge in [-0.2, -0.15) is 5.10 Å². The number of rotatable bonds is 6. The van der Waals surface area contributed by atoms with Crippen LogP contribution in [-0.4, -0.2) is 49.3 Å². The monoisotopic (exact) mass is 377 g/mol. The van der Waals surface area contributed by atoms with Crippen LogP contribution in [0.4, 0.5) is 11.5 Å². The maximum atomic E-state index is 4.73. The Morgan fingerprint density at radius 1 is 1.00 bits per heavy atom. The predicted molar refractivity (Wildman–Crippen MR) is 111 cm³/mol. The van der Waals surface area contributed by atoms with Crippen LogP contribution in [0, 0.1) is 13.8 Å². The predicted octanol–water partition coefficient (Wildman–Crippen LogP) is 3.58. The third-order valence-corrected chi connectivity index (χ3v) is 5.32. The van der Waals surface area contributed by atoms with E-state index in [-0.39, 0.29) is 0 Å². The Morgan fingerprint density at radius 2 is 1.79 bits per heavy atom. The largest absolute Gasteiger partial charge is 0.337 e. The number of piperidine rings is 1. The molecular weight excluding hydrogens is 350 g/mol. The van der Waals surface area contributed by atoms with Gasteiger partial charge in [-0.05, 0) is 51.9 Å². The summed E-state index contributed by atoms with van der Waals surface area (Å²) in [5, 5.41) is 7.92. The number of nitrogens with zero attached hydrogens (tertiary/aromatic N) is 6. The van der Waals surface area contributed by atoms with Crippen LogP contribution < -0.4 is 5.32 Å². The van der Waals surface area contributed by atoms with E-state index < -0.39 is 0 Å². The van der Waals surface area contributed by atoms with Gasteiger partial charge in [0.05, 0.1) is 18.4 Å². The number of pyridine rings is 1. The van der Waals surface area contributed by atoms with Gasteiger partial charge in [-0.25, -0.2) is 9.97 Å². The van der Waals surface area contributed by atoms with E-state index in [0.717, 1.165) is 41.4 Å². The summed E-state index contributed by atoms with van der Waals surface area (Å²) in [6, 6.07) is 3.85. The van der Waals surface area contributed by atoms with Crippen molar-refractivity contribution in [3.8, 4) is 11.4 Å². The van der Waals surface area contributed by atoms with E-state index >= 15 is 0 Å². The van der Waals surface area contributed by atoms with Crippen LogP contribution in [0.5, 0.6) is 0 Å². The molecule has 3 aromatic rings. The molecule has 7 nitrogen and oxygen atoms in total. The fraction of sp³-hybridized carbons (Fsp3) is 0.429. The Labute approximate surface area is 165 Å². The first-order valence-electron chi connectivity index (χ1n) is 9.96. The molecule has 28 heavy (non-hydrogen) atoms. The summed E-state index contributed by atoms with van der Waals surface area (Å²) >= 11 is 0. The molecule has 4 rings (SSSR count). The summed E-state index contributed by atoms with van der Waals surface area (Å²) in [5.74, 6) is 1.51. The van der Waals surface area contributed by atoms with Crippen LogP contribution in [0.3, 0.4) is 0 Å². The Hall–Kier alpha value is -2.80. The van der Waals surface area contributed by atoms with Crippen LogP contribution in [0.25, 0.3) is 11.4 Å². The maximum absolute atomic E-state index is 4.73. The highest BCUT2D eigenvalue weighted by molar-refractivity contribution is 5.63. The van der Waals surface area contributed by atoms with Crippen molar-refractivity contribution in [2.24, 2.45) is 0 Å². The van der Waals surface area contributed by atoms with Crippen molar-refractivity contribution in [3.05, 3.63) is 48.2 Å². The molecule has 0 amide bonds. The molecule has 1 N–H and O–H groups in total. The number of hydrogen-bond acceptors (Lipinski definition) is 6. The topological polar surface area (TPSA) is 71.8 Å². The van der Waals surface area contributed by atoms with Crippen molar-refractivity contribution in [2.45, 2.75) is 39.7 Å². The van der Waals surface area contributed by atoms with Crippen LogP contribution in [-0.2, 0) is 6.54 Å². The zero-order valence-electron chi connectivity index (χ0n) is 16.6. The second-order valence-corrected chi connectivity index (χ2v) is 7.36. The molecule has 0 aromatic carbocycles. The molecule has 1 aliphatic heterocycles. The fourth-order valence-electron chi connectivity index (χ4n) is 3.49. The molecule has 1 fully saturated rings. The molecule has 7 heteroatoms. The standard InChI is InChI=1S/C21H27N7/c1-16-17(2)24-21(18-6-8-22-9-7-18)26-20(16)25-19-14-23-28(15-19)13-12-27-10-4-3-5-11-27/h6-9,14-15H,3-5,10-13H2,1-2H3,(H,24,25,26). The molecule has 0 atom stereocenters. The normalized spacial score (nSPS) is 14.9. The van der Waals surface area contributed by atoms with Gasteiger partial charge in [-0.1, -0.05) is 6.42 Å². The van der Waals surface area contributed by atoms with Gasteiger partial charge in [0.15, 0.2) is 5.82 Å². The average Bonchev–Trinajstić information content (AvgIpc) is 3.18. The summed E-state index contributed by atoms with van der Waals surface area (Å²) in [4.78, 5) is 16.0. The Balaban J connectivity index is 1.46. The molecule has 3 aromatic heterocycles. The van der Waals surface area contributed by atoms with Gasteiger partial charge in [-0.3, -0.25) is 9.67 Å². The molecule has 146 valence electrons. The second-order valence-electron chi connectivity index (χ2n) is 7.36. The minimum atomic E-state index is 0.700. The molecule has 0 saturated carbocycles. The number of anilines is 2. The summed E-state index contributed by atoms with van der Waals surface area (Å²) in [5.41, 5.74) is 3.90. The highest BCUT2D eigenvalue weighted by Crippen LogP contribution is 2.24. The summed E-state index contributed by atoms with van der Waals surface area (Å²) in [7, 11) is 0. The molecule has 0 bridgehead atoms. The SMILES string of the molecule is Cc1nc(-c2ccncc2)nc(Nc2cnn(CCN3CCCCC3)c2)c1C. The minimum absolute atomic E-state index is 0.700. The van der Waals surface area contributed by atoms with Gasteiger partial charge in [0, 0.05) is 42.0 Å². The zero-order chi connectivity index (χ0) is 19.3. The van der Waals surface area contributed by atoms with E-state index in [1.807, 2.05) is 43.1 Å². The van der Waals surface area contributed by atoms with Crippen molar-refractivity contribution in [1.29, 1.82) is 0 Å². The summed E-state index contributed by atoms with van der Waals surface area (Å²) < 4.78 is 2.00. The molecule has 1 saturated heterocycles. The lowest BCUT2D eigenvalue weighted by molar-refractivity contribution is 0.218. The molecular formula is C21H27N7. The number of aromatic nitrogens is 5. The number of aryl methyl sites for hydroxylation is 1. The Kier molecular flexibility index (Phi) is 5.62. The van der Waals surface area contributed by atoms with E-state index in [9.17, 15) is 0 Å². The van der Waals surface area contributed by atoms with Crippen LogP contribution in [0.15, 0.2) is 36.9 Å². The molecule has 0 aliphatic carbocycles. The zero-order valence-corrected chi connectivity index (χ0v) is 16.6.